The number of nitrogens with two attached hydrogens (primary N) is 1. The average molecular weight is 244 g/mol. The van der Waals surface area contributed by atoms with Gasteiger partial charge in [0.2, 0.25) is 0 Å². The molecule has 0 bridgehead atoms. The van der Waals surface area contributed by atoms with E-state index in [1.807, 2.05) is 0 Å². The van der Waals surface area contributed by atoms with E-state index >= 15 is 0 Å². The van der Waals surface area contributed by atoms with Gasteiger partial charge in [0.1, 0.15) is 5.82 Å². The van der Waals surface area contributed by atoms with Crippen molar-refractivity contribution in [2.45, 2.75) is 6.92 Å². The van der Waals surface area contributed by atoms with E-state index in [4.69, 9.17) is 17.3 Å². The van der Waals surface area contributed by atoms with Crippen LogP contribution in [-0.4, -0.2) is 9.78 Å². The van der Waals surface area contributed by atoms with Gasteiger partial charge in [0.05, 0.1) is 22.1 Å². The number of hydrogen-bond acceptors (Lipinski definition) is 2. The van der Waals surface area contributed by atoms with Crippen molar-refractivity contribution in [3.8, 4) is 5.69 Å². The number of halogens is 3. The molecule has 1 aromatic carbocycles. The van der Waals surface area contributed by atoms with Gasteiger partial charge in [-0.25, -0.2) is 13.5 Å². The summed E-state index contributed by atoms with van der Waals surface area (Å²) in [5.41, 5.74) is 6.02. The Morgan fingerprint density at radius 2 is 2.06 bits per heavy atom. The second kappa shape index (κ2) is 3.75. The third-order valence-electron chi connectivity index (χ3n) is 2.16. The molecule has 0 saturated heterocycles. The molecule has 1 aromatic heterocycles. The van der Waals surface area contributed by atoms with Crippen molar-refractivity contribution >= 4 is 17.3 Å². The van der Waals surface area contributed by atoms with Gasteiger partial charge in [-0.1, -0.05) is 11.6 Å². The molecule has 2 N–H and O–H groups in total. The van der Waals surface area contributed by atoms with Crippen molar-refractivity contribution in [1.82, 2.24) is 9.78 Å². The summed E-state index contributed by atoms with van der Waals surface area (Å²) in [5, 5.41) is 4.40. The van der Waals surface area contributed by atoms with E-state index < -0.39 is 11.6 Å². The van der Waals surface area contributed by atoms with Crippen molar-refractivity contribution in [3.63, 3.8) is 0 Å². The highest BCUT2D eigenvalue weighted by atomic mass is 35.5. The van der Waals surface area contributed by atoms with Gasteiger partial charge in [0.15, 0.2) is 5.82 Å². The Balaban J connectivity index is 2.63. The second-order valence-electron chi connectivity index (χ2n) is 3.33. The van der Waals surface area contributed by atoms with Crippen LogP contribution >= 0.6 is 11.6 Å². The molecular weight excluding hydrogens is 236 g/mol. The molecule has 0 saturated carbocycles. The first-order valence-corrected chi connectivity index (χ1v) is 4.83. The van der Waals surface area contributed by atoms with Gasteiger partial charge in [0.25, 0.3) is 0 Å². The van der Waals surface area contributed by atoms with E-state index in [0.717, 1.165) is 12.1 Å². The molecule has 0 radical (unpaired) electrons. The van der Waals surface area contributed by atoms with E-state index in [1.165, 1.54) is 10.9 Å². The number of anilines is 1. The molecule has 0 atom stereocenters. The van der Waals surface area contributed by atoms with E-state index in [0.29, 0.717) is 10.7 Å². The Labute approximate surface area is 95.4 Å². The average Bonchev–Trinajstić information content (AvgIpc) is 2.53. The summed E-state index contributed by atoms with van der Waals surface area (Å²) in [7, 11) is 0. The van der Waals surface area contributed by atoms with E-state index in [-0.39, 0.29) is 11.4 Å². The molecule has 0 unspecified atom stereocenters. The van der Waals surface area contributed by atoms with Crippen molar-refractivity contribution in [1.29, 1.82) is 0 Å². The highest BCUT2D eigenvalue weighted by molar-refractivity contribution is 6.31. The number of benzene rings is 1. The lowest BCUT2D eigenvalue weighted by Gasteiger charge is -2.06. The molecule has 3 nitrogen and oxygen atoms in total. The largest absolute Gasteiger partial charge is 0.395 e. The van der Waals surface area contributed by atoms with Crippen LogP contribution in [0.2, 0.25) is 5.02 Å². The van der Waals surface area contributed by atoms with Crippen LogP contribution in [0.15, 0.2) is 18.3 Å². The van der Waals surface area contributed by atoms with Gasteiger partial charge in [-0.15, -0.1) is 0 Å². The molecule has 16 heavy (non-hydrogen) atoms. The molecule has 1 heterocycles. The van der Waals surface area contributed by atoms with Gasteiger partial charge in [0, 0.05) is 18.3 Å². The van der Waals surface area contributed by atoms with Crippen LogP contribution < -0.4 is 5.73 Å². The third kappa shape index (κ3) is 1.74. The monoisotopic (exact) mass is 243 g/mol. The van der Waals surface area contributed by atoms with Gasteiger partial charge in [-0.3, -0.25) is 0 Å². The Morgan fingerprint density at radius 3 is 2.62 bits per heavy atom. The SMILES string of the molecule is Cc1nn(-c2cc(F)cc(F)c2N)cc1Cl. The lowest BCUT2D eigenvalue weighted by molar-refractivity contribution is 0.583. The molecule has 2 rings (SSSR count). The number of rotatable bonds is 1. The van der Waals surface area contributed by atoms with Gasteiger partial charge in [-0.05, 0) is 6.92 Å². The predicted molar refractivity (Wildman–Crippen MR) is 57.6 cm³/mol. The standard InChI is InChI=1S/C10H8ClF2N3/c1-5-7(11)4-16(15-5)9-3-6(12)2-8(13)10(9)14/h2-4H,14H2,1H3. The molecule has 2 aromatic rings. The van der Waals surface area contributed by atoms with E-state index in [1.54, 1.807) is 6.92 Å². The zero-order chi connectivity index (χ0) is 11.9. The molecular formula is C10H8ClF2N3. The highest BCUT2D eigenvalue weighted by Crippen LogP contribution is 2.24. The summed E-state index contributed by atoms with van der Waals surface area (Å²) in [6.07, 6.45) is 1.45. The van der Waals surface area contributed by atoms with Crippen molar-refractivity contribution in [2.24, 2.45) is 0 Å². The van der Waals surface area contributed by atoms with Crippen LogP contribution in [0.3, 0.4) is 0 Å². The number of aromatic nitrogens is 2. The summed E-state index contributed by atoms with van der Waals surface area (Å²) >= 11 is 5.80. The normalized spacial score (nSPS) is 10.8. The topological polar surface area (TPSA) is 43.8 Å². The van der Waals surface area contributed by atoms with Crippen LogP contribution in [0.5, 0.6) is 0 Å². The molecule has 84 valence electrons. The maximum Gasteiger partial charge on any atom is 0.151 e. The molecule has 0 fully saturated rings. The quantitative estimate of drug-likeness (QED) is 0.783. The predicted octanol–water partition coefficient (Wildman–Crippen LogP) is 2.69. The fraction of sp³-hybridized carbons (Fsp3) is 0.100. The van der Waals surface area contributed by atoms with Crippen molar-refractivity contribution in [3.05, 3.63) is 40.7 Å². The summed E-state index contributed by atoms with van der Waals surface area (Å²) in [4.78, 5) is 0. The molecule has 0 amide bonds. The first-order chi connectivity index (χ1) is 7.49. The number of nitrogen functional groups attached to an aromatic ring is 1. The second-order valence-corrected chi connectivity index (χ2v) is 3.73. The number of aryl methyl sites for hydroxylation is 1. The fourth-order valence-corrected chi connectivity index (χ4v) is 1.45. The number of nitrogens with zero attached hydrogens (tertiary/aromatic N) is 2. The van der Waals surface area contributed by atoms with Gasteiger partial charge < -0.3 is 5.73 Å². The molecule has 0 aliphatic rings. The lowest BCUT2D eigenvalue weighted by Crippen LogP contribution is -2.03. The smallest absolute Gasteiger partial charge is 0.151 e. The first-order valence-electron chi connectivity index (χ1n) is 4.45. The molecule has 0 spiro atoms. The van der Waals surface area contributed by atoms with Crippen LogP contribution in [-0.2, 0) is 0 Å². The van der Waals surface area contributed by atoms with Crippen LogP contribution in [0.1, 0.15) is 5.69 Å². The summed E-state index contributed by atoms with van der Waals surface area (Å²) < 4.78 is 27.5. The van der Waals surface area contributed by atoms with Crippen molar-refractivity contribution < 1.29 is 8.78 Å². The third-order valence-corrected chi connectivity index (χ3v) is 2.53. The Bertz CT molecular complexity index is 532. The zero-order valence-corrected chi connectivity index (χ0v) is 9.09. The first kappa shape index (κ1) is 10.9. The van der Waals surface area contributed by atoms with E-state index in [9.17, 15) is 8.78 Å². The molecule has 0 aliphatic heterocycles. The lowest BCUT2D eigenvalue weighted by atomic mass is 10.2. The van der Waals surface area contributed by atoms with Gasteiger partial charge >= 0.3 is 0 Å². The molecule has 0 aliphatic carbocycles. The van der Waals surface area contributed by atoms with Crippen LogP contribution in [0.4, 0.5) is 14.5 Å². The van der Waals surface area contributed by atoms with Crippen LogP contribution in [0.25, 0.3) is 5.69 Å². The fourth-order valence-electron chi connectivity index (χ4n) is 1.32. The minimum Gasteiger partial charge on any atom is -0.395 e. The Kier molecular flexibility index (Phi) is 2.55. The number of hydrogen-bond donors (Lipinski definition) is 1. The summed E-state index contributed by atoms with van der Waals surface area (Å²) in [6, 6.07) is 1.82. The maximum atomic E-state index is 13.2. The minimum atomic E-state index is -0.820. The summed E-state index contributed by atoms with van der Waals surface area (Å²) in [6.45, 7) is 1.69. The van der Waals surface area contributed by atoms with Crippen LogP contribution in [0, 0.1) is 18.6 Å². The Morgan fingerprint density at radius 1 is 1.38 bits per heavy atom. The summed E-state index contributed by atoms with van der Waals surface area (Å²) in [5.74, 6) is -1.54. The van der Waals surface area contributed by atoms with E-state index in [2.05, 4.69) is 5.10 Å². The highest BCUT2D eigenvalue weighted by Gasteiger charge is 2.12. The zero-order valence-electron chi connectivity index (χ0n) is 8.34. The van der Waals surface area contributed by atoms with Gasteiger partial charge in [-0.2, -0.15) is 5.10 Å². The molecule has 6 heteroatoms. The Hall–Kier alpha value is -1.62. The maximum absolute atomic E-state index is 13.2. The van der Waals surface area contributed by atoms with Crippen molar-refractivity contribution in [2.75, 3.05) is 5.73 Å². The minimum absolute atomic E-state index is 0.132.